The molecule has 4 rings (SSSR count). The third kappa shape index (κ3) is 5.70. The number of para-hydroxylation sites is 2. The van der Waals surface area contributed by atoms with Gasteiger partial charge in [0.2, 0.25) is 0 Å². The molecule has 1 aromatic heterocycles. The number of nitrogens with one attached hydrogen (secondary N) is 2. The first-order valence-electron chi connectivity index (χ1n) is 10.4. The van der Waals surface area contributed by atoms with Crippen LogP contribution in [0.3, 0.4) is 0 Å². The van der Waals surface area contributed by atoms with Gasteiger partial charge < -0.3 is 15.4 Å². The number of ether oxygens (including phenoxy) is 1. The Morgan fingerprint density at radius 2 is 1.71 bits per heavy atom. The average Bonchev–Trinajstić information content (AvgIpc) is 3.33. The second kappa shape index (κ2) is 10.2. The van der Waals surface area contributed by atoms with Crippen molar-refractivity contribution in [2.45, 2.75) is 44.2 Å². The molecule has 7 heteroatoms. The van der Waals surface area contributed by atoms with Gasteiger partial charge in [0, 0.05) is 11.4 Å². The third-order valence-electron chi connectivity index (χ3n) is 5.53. The molecule has 31 heavy (non-hydrogen) atoms. The van der Waals surface area contributed by atoms with Crippen LogP contribution in [0.4, 0.5) is 5.69 Å². The van der Waals surface area contributed by atoms with Gasteiger partial charge in [-0.3, -0.25) is 9.59 Å². The number of carbonyl (C=O) groups is 2. The molecule has 2 N–H and O–H groups in total. The third-order valence-corrected chi connectivity index (χ3v) is 6.17. The van der Waals surface area contributed by atoms with Crippen LogP contribution >= 0.6 is 11.3 Å². The number of aromatic nitrogens is 1. The summed E-state index contributed by atoms with van der Waals surface area (Å²) in [5, 5.41) is 7.46. The van der Waals surface area contributed by atoms with Gasteiger partial charge in [0.1, 0.15) is 12.4 Å². The zero-order chi connectivity index (χ0) is 21.5. The first kappa shape index (κ1) is 21.1. The molecule has 1 fully saturated rings. The van der Waals surface area contributed by atoms with Crippen LogP contribution in [0.1, 0.15) is 42.9 Å². The first-order valence-corrected chi connectivity index (χ1v) is 11.4. The van der Waals surface area contributed by atoms with E-state index in [2.05, 4.69) is 39.9 Å². The van der Waals surface area contributed by atoms with Gasteiger partial charge in [-0.25, -0.2) is 4.98 Å². The molecule has 2 aromatic carbocycles. The van der Waals surface area contributed by atoms with E-state index in [4.69, 9.17) is 4.74 Å². The van der Waals surface area contributed by atoms with Crippen molar-refractivity contribution in [2.24, 2.45) is 0 Å². The molecule has 1 aliphatic carbocycles. The van der Waals surface area contributed by atoms with Gasteiger partial charge in [0.05, 0.1) is 16.9 Å². The minimum Gasteiger partial charge on any atom is -0.485 e. The Morgan fingerprint density at radius 3 is 2.45 bits per heavy atom. The van der Waals surface area contributed by atoms with Gasteiger partial charge in [0.15, 0.2) is 0 Å². The number of rotatable bonds is 6. The minimum atomic E-state index is -0.685. The van der Waals surface area contributed by atoms with Crippen LogP contribution < -0.4 is 15.4 Å². The highest BCUT2D eigenvalue weighted by atomic mass is 32.1. The van der Waals surface area contributed by atoms with Crippen LogP contribution in [0.5, 0.6) is 5.75 Å². The summed E-state index contributed by atoms with van der Waals surface area (Å²) in [6, 6.07) is 17.6. The van der Waals surface area contributed by atoms with Crippen molar-refractivity contribution in [3.63, 3.8) is 0 Å². The molecular weight excluding hydrogens is 410 g/mol. The fourth-order valence-corrected chi connectivity index (χ4v) is 4.43. The number of amides is 2. The largest absolute Gasteiger partial charge is 0.485 e. The lowest BCUT2D eigenvalue weighted by molar-refractivity contribution is -0.136. The normalized spacial score (nSPS) is 18.2. The molecule has 160 valence electrons. The summed E-state index contributed by atoms with van der Waals surface area (Å²) in [6.45, 7) is 0.299. The Hall–Kier alpha value is -3.19. The van der Waals surface area contributed by atoms with Crippen LogP contribution in [-0.2, 0) is 16.2 Å². The molecule has 0 atom stereocenters. The Bertz CT molecular complexity index is 1000. The van der Waals surface area contributed by atoms with Crippen molar-refractivity contribution in [2.75, 3.05) is 5.32 Å². The number of benzene rings is 2. The monoisotopic (exact) mass is 435 g/mol. The SMILES string of the molecule is O=C(Nc1ccccc1OCc1cscn1)C(=O)NC1CCC(c2ccccc2)CC1. The number of carbonyl (C=O) groups excluding carboxylic acids is 2. The Morgan fingerprint density at radius 1 is 0.968 bits per heavy atom. The first-order chi connectivity index (χ1) is 15.2. The standard InChI is InChI=1S/C24H25N3O3S/c28-23(26-19-12-10-18(11-13-19)17-6-2-1-3-7-17)24(29)27-21-8-4-5-9-22(21)30-14-20-15-31-16-25-20/h1-9,15-16,18-19H,10-14H2,(H,26,28)(H,27,29). The van der Waals surface area contributed by atoms with Crippen molar-refractivity contribution in [1.29, 1.82) is 0 Å². The Balaban J connectivity index is 1.28. The van der Waals surface area contributed by atoms with Crippen LogP contribution in [0, 0.1) is 0 Å². The molecule has 1 aliphatic rings. The van der Waals surface area contributed by atoms with E-state index >= 15 is 0 Å². The van der Waals surface area contributed by atoms with Crippen LogP contribution in [0.25, 0.3) is 0 Å². The van der Waals surface area contributed by atoms with E-state index in [1.165, 1.54) is 16.9 Å². The minimum absolute atomic E-state index is 0.0226. The van der Waals surface area contributed by atoms with Crippen LogP contribution in [0.2, 0.25) is 0 Å². The molecule has 1 saturated carbocycles. The molecule has 0 bridgehead atoms. The zero-order valence-electron chi connectivity index (χ0n) is 17.1. The molecule has 1 heterocycles. The number of hydrogen-bond acceptors (Lipinski definition) is 5. The van der Waals surface area contributed by atoms with Gasteiger partial charge in [-0.05, 0) is 49.3 Å². The fourth-order valence-electron chi connectivity index (χ4n) is 3.88. The zero-order valence-corrected chi connectivity index (χ0v) is 17.9. The molecule has 0 saturated heterocycles. The van der Waals surface area contributed by atoms with Crippen LogP contribution in [-0.4, -0.2) is 22.8 Å². The topological polar surface area (TPSA) is 80.3 Å². The number of hydrogen-bond donors (Lipinski definition) is 2. The van der Waals surface area contributed by atoms with E-state index in [-0.39, 0.29) is 6.04 Å². The molecule has 2 amide bonds. The number of nitrogens with zero attached hydrogens (tertiary/aromatic N) is 1. The average molecular weight is 436 g/mol. The summed E-state index contributed by atoms with van der Waals surface area (Å²) in [4.78, 5) is 29.1. The lowest BCUT2D eigenvalue weighted by atomic mass is 9.82. The van der Waals surface area contributed by atoms with Crippen molar-refractivity contribution < 1.29 is 14.3 Å². The van der Waals surface area contributed by atoms with E-state index < -0.39 is 11.8 Å². The maximum absolute atomic E-state index is 12.5. The van der Waals surface area contributed by atoms with Gasteiger partial charge in [-0.15, -0.1) is 11.3 Å². The summed E-state index contributed by atoms with van der Waals surface area (Å²) < 4.78 is 5.76. The summed E-state index contributed by atoms with van der Waals surface area (Å²) in [7, 11) is 0. The highest BCUT2D eigenvalue weighted by molar-refractivity contribution is 7.07. The van der Waals surface area contributed by atoms with Crippen molar-refractivity contribution in [1.82, 2.24) is 10.3 Å². The summed E-state index contributed by atoms with van der Waals surface area (Å²) >= 11 is 1.49. The second-order valence-electron chi connectivity index (χ2n) is 7.65. The van der Waals surface area contributed by atoms with E-state index in [0.717, 1.165) is 31.4 Å². The molecule has 0 unspecified atom stereocenters. The van der Waals surface area contributed by atoms with Crippen LogP contribution in [0.15, 0.2) is 65.5 Å². The lowest BCUT2D eigenvalue weighted by Gasteiger charge is -2.29. The van der Waals surface area contributed by atoms with Gasteiger partial charge >= 0.3 is 11.8 Å². The van der Waals surface area contributed by atoms with Gasteiger partial charge in [-0.2, -0.15) is 0 Å². The maximum atomic E-state index is 12.5. The van der Waals surface area contributed by atoms with Gasteiger partial charge in [-0.1, -0.05) is 42.5 Å². The molecular formula is C24H25N3O3S. The Kier molecular flexibility index (Phi) is 6.94. The Labute approximate surface area is 185 Å². The van der Waals surface area contributed by atoms with E-state index in [0.29, 0.717) is 24.0 Å². The van der Waals surface area contributed by atoms with E-state index in [1.54, 1.807) is 23.7 Å². The summed E-state index contributed by atoms with van der Waals surface area (Å²) in [5.41, 5.74) is 4.37. The molecule has 3 aromatic rings. The highest BCUT2D eigenvalue weighted by Crippen LogP contribution is 2.32. The number of anilines is 1. The smallest absolute Gasteiger partial charge is 0.313 e. The fraction of sp³-hybridized carbons (Fsp3) is 0.292. The van der Waals surface area contributed by atoms with Crippen molar-refractivity contribution in [3.8, 4) is 5.75 Å². The predicted octanol–water partition coefficient (Wildman–Crippen LogP) is 4.50. The molecule has 0 radical (unpaired) electrons. The molecule has 0 aliphatic heterocycles. The predicted molar refractivity (Wildman–Crippen MR) is 121 cm³/mol. The molecule has 6 nitrogen and oxygen atoms in total. The number of thiazole rings is 1. The molecule has 0 spiro atoms. The van der Waals surface area contributed by atoms with Crippen molar-refractivity contribution in [3.05, 3.63) is 76.7 Å². The lowest BCUT2D eigenvalue weighted by Crippen LogP contribution is -2.43. The summed E-state index contributed by atoms with van der Waals surface area (Å²) in [5.74, 6) is -0.280. The van der Waals surface area contributed by atoms with E-state index in [9.17, 15) is 9.59 Å². The quantitative estimate of drug-likeness (QED) is 0.559. The van der Waals surface area contributed by atoms with Crippen molar-refractivity contribution >= 4 is 28.8 Å². The van der Waals surface area contributed by atoms with Gasteiger partial charge in [0.25, 0.3) is 0 Å². The van der Waals surface area contributed by atoms with E-state index in [1.807, 2.05) is 17.5 Å². The highest BCUT2D eigenvalue weighted by Gasteiger charge is 2.25. The second-order valence-corrected chi connectivity index (χ2v) is 8.37. The maximum Gasteiger partial charge on any atom is 0.313 e. The summed E-state index contributed by atoms with van der Waals surface area (Å²) in [6.07, 6.45) is 3.74.